The van der Waals surface area contributed by atoms with Gasteiger partial charge in [-0.1, -0.05) is 25.1 Å². The first-order valence-electron chi connectivity index (χ1n) is 9.89. The Morgan fingerprint density at radius 3 is 2.56 bits per heavy atom. The number of carbonyl (C=O) groups excluding carboxylic acids is 2. The van der Waals surface area contributed by atoms with Crippen LogP contribution in [0.1, 0.15) is 31.7 Å². The van der Waals surface area contributed by atoms with E-state index in [0.717, 1.165) is 30.5 Å². The number of likely N-dealkylation sites (tertiary alicyclic amines) is 1. The molecule has 2 heterocycles. The molecule has 0 aromatic heterocycles. The normalized spacial score (nSPS) is 28.0. The molecule has 6 heteroatoms. The van der Waals surface area contributed by atoms with Crippen LogP contribution in [-0.4, -0.2) is 47.4 Å². The quantitative estimate of drug-likeness (QED) is 0.862. The second-order valence-electron chi connectivity index (χ2n) is 8.08. The van der Waals surface area contributed by atoms with Crippen molar-refractivity contribution in [2.24, 2.45) is 23.7 Å². The van der Waals surface area contributed by atoms with Crippen LogP contribution in [0, 0.1) is 23.7 Å². The van der Waals surface area contributed by atoms with E-state index in [1.54, 1.807) is 9.80 Å². The van der Waals surface area contributed by atoms with E-state index >= 15 is 0 Å². The minimum atomic E-state index is -0.803. The van der Waals surface area contributed by atoms with Gasteiger partial charge in [0.05, 0.1) is 11.8 Å². The predicted molar refractivity (Wildman–Crippen MR) is 100 cm³/mol. The van der Waals surface area contributed by atoms with E-state index in [2.05, 4.69) is 6.92 Å². The van der Waals surface area contributed by atoms with Gasteiger partial charge >= 0.3 is 5.97 Å². The van der Waals surface area contributed by atoms with Crippen molar-refractivity contribution in [3.8, 4) is 0 Å². The molecule has 0 spiro atoms. The molecule has 27 heavy (non-hydrogen) atoms. The van der Waals surface area contributed by atoms with Crippen LogP contribution in [0.4, 0.5) is 5.69 Å². The van der Waals surface area contributed by atoms with E-state index in [9.17, 15) is 19.5 Å². The highest BCUT2D eigenvalue weighted by Gasteiger charge is 2.48. The average molecular weight is 370 g/mol. The first kappa shape index (κ1) is 18.0. The molecule has 1 aliphatic carbocycles. The minimum absolute atomic E-state index is 0.0259. The second kappa shape index (κ2) is 6.98. The fourth-order valence-electron chi connectivity index (χ4n) is 4.71. The van der Waals surface area contributed by atoms with Gasteiger partial charge in [0.15, 0.2) is 0 Å². The molecule has 1 unspecified atom stereocenters. The zero-order valence-corrected chi connectivity index (χ0v) is 15.6. The van der Waals surface area contributed by atoms with Crippen LogP contribution in [0.5, 0.6) is 0 Å². The Kier molecular flexibility index (Phi) is 4.66. The number of anilines is 1. The number of carboxylic acids is 1. The largest absolute Gasteiger partial charge is 0.481 e. The number of nitrogens with zero attached hydrogens (tertiary/aromatic N) is 2. The first-order valence-corrected chi connectivity index (χ1v) is 9.89. The van der Waals surface area contributed by atoms with Crippen LogP contribution in [0.2, 0.25) is 0 Å². The molecule has 144 valence electrons. The summed E-state index contributed by atoms with van der Waals surface area (Å²) in [5.41, 5.74) is 1.99. The number of benzene rings is 1. The fraction of sp³-hybridized carbons (Fsp3) is 0.571. The zero-order valence-electron chi connectivity index (χ0n) is 15.6. The Bertz CT molecular complexity index is 773. The highest BCUT2D eigenvalue weighted by atomic mass is 16.4. The molecule has 3 atom stereocenters. The maximum absolute atomic E-state index is 13.0. The van der Waals surface area contributed by atoms with Crippen molar-refractivity contribution in [1.29, 1.82) is 0 Å². The molecular weight excluding hydrogens is 344 g/mol. The average Bonchev–Trinajstić information content (AvgIpc) is 3.29. The topological polar surface area (TPSA) is 77.9 Å². The van der Waals surface area contributed by atoms with Gasteiger partial charge in [-0.3, -0.25) is 14.4 Å². The van der Waals surface area contributed by atoms with Gasteiger partial charge in [0.25, 0.3) is 0 Å². The summed E-state index contributed by atoms with van der Waals surface area (Å²) in [5, 5.41) is 9.52. The van der Waals surface area contributed by atoms with Crippen molar-refractivity contribution >= 4 is 23.5 Å². The maximum atomic E-state index is 13.0. The molecule has 0 bridgehead atoms. The Labute approximate surface area is 159 Å². The predicted octanol–water partition coefficient (Wildman–Crippen LogP) is 2.17. The van der Waals surface area contributed by atoms with Crippen molar-refractivity contribution < 1.29 is 19.5 Å². The van der Waals surface area contributed by atoms with Crippen LogP contribution < -0.4 is 4.90 Å². The molecule has 3 aliphatic rings. The van der Waals surface area contributed by atoms with Gasteiger partial charge < -0.3 is 14.9 Å². The molecule has 3 fully saturated rings. The summed E-state index contributed by atoms with van der Waals surface area (Å²) in [6.07, 6.45) is 3.17. The summed E-state index contributed by atoms with van der Waals surface area (Å²) in [7, 11) is 0. The van der Waals surface area contributed by atoms with Gasteiger partial charge in [-0.25, -0.2) is 0 Å². The molecule has 4 rings (SSSR count). The zero-order chi connectivity index (χ0) is 19.1. The van der Waals surface area contributed by atoms with E-state index in [1.807, 2.05) is 24.3 Å². The van der Waals surface area contributed by atoms with Gasteiger partial charge in [-0.2, -0.15) is 0 Å². The van der Waals surface area contributed by atoms with Crippen LogP contribution in [0.15, 0.2) is 24.3 Å². The number of hydrogen-bond acceptors (Lipinski definition) is 3. The Morgan fingerprint density at radius 1 is 1.15 bits per heavy atom. The molecule has 2 amide bonds. The first-order chi connectivity index (χ1) is 13.0. The van der Waals surface area contributed by atoms with E-state index in [-0.39, 0.29) is 36.6 Å². The summed E-state index contributed by atoms with van der Waals surface area (Å²) < 4.78 is 0. The van der Waals surface area contributed by atoms with Crippen molar-refractivity contribution in [1.82, 2.24) is 4.90 Å². The number of hydrogen-bond donors (Lipinski definition) is 1. The summed E-state index contributed by atoms with van der Waals surface area (Å²) in [4.78, 5) is 40.6. The van der Waals surface area contributed by atoms with E-state index < -0.39 is 11.9 Å². The summed E-state index contributed by atoms with van der Waals surface area (Å²) in [6, 6.07) is 7.81. The summed E-state index contributed by atoms with van der Waals surface area (Å²) in [5.74, 6) is -1.22. The number of carbonyl (C=O) groups is 3. The van der Waals surface area contributed by atoms with Crippen LogP contribution in [-0.2, 0) is 20.8 Å². The highest BCUT2D eigenvalue weighted by molar-refractivity contribution is 6.01. The molecule has 0 radical (unpaired) electrons. The van der Waals surface area contributed by atoms with E-state index in [1.165, 1.54) is 0 Å². The van der Waals surface area contributed by atoms with Crippen molar-refractivity contribution in [2.45, 2.75) is 32.6 Å². The molecular formula is C21H26N2O4. The van der Waals surface area contributed by atoms with E-state index in [4.69, 9.17) is 0 Å². The maximum Gasteiger partial charge on any atom is 0.308 e. The van der Waals surface area contributed by atoms with Crippen molar-refractivity contribution in [3.63, 3.8) is 0 Å². The smallest absolute Gasteiger partial charge is 0.308 e. The number of para-hydroxylation sites is 1. The third-order valence-corrected chi connectivity index (χ3v) is 6.36. The molecule has 6 nitrogen and oxygen atoms in total. The van der Waals surface area contributed by atoms with Crippen molar-refractivity contribution in [3.05, 3.63) is 29.8 Å². The molecule has 2 aliphatic heterocycles. The third kappa shape index (κ3) is 3.33. The molecule has 2 saturated heterocycles. The molecule has 1 N–H and O–H groups in total. The lowest BCUT2D eigenvalue weighted by Gasteiger charge is -2.22. The lowest BCUT2D eigenvalue weighted by molar-refractivity contribution is -0.143. The van der Waals surface area contributed by atoms with Gasteiger partial charge in [-0.15, -0.1) is 0 Å². The monoisotopic (exact) mass is 370 g/mol. The SMILES string of the molecule is CCc1ccccc1N1CC(C(=O)N2C[C@H](C(=O)O)[C@@H](C3CC3)C2)CC1=O. The van der Waals surface area contributed by atoms with Crippen LogP contribution >= 0.6 is 0 Å². The Balaban J connectivity index is 1.47. The second-order valence-corrected chi connectivity index (χ2v) is 8.08. The minimum Gasteiger partial charge on any atom is -0.481 e. The highest BCUT2D eigenvalue weighted by Crippen LogP contribution is 2.44. The van der Waals surface area contributed by atoms with E-state index in [0.29, 0.717) is 19.0 Å². The lowest BCUT2D eigenvalue weighted by atomic mass is 9.92. The van der Waals surface area contributed by atoms with Gasteiger partial charge in [0, 0.05) is 31.7 Å². The third-order valence-electron chi connectivity index (χ3n) is 6.36. The number of carboxylic acid groups (broad SMARTS) is 1. The fourth-order valence-corrected chi connectivity index (χ4v) is 4.71. The molecule has 1 aromatic rings. The standard InChI is InChI=1S/C21H26N2O4/c1-2-13-5-3-4-6-18(13)23-10-15(9-19(23)24)20(25)22-11-16(14-7-8-14)17(12-22)21(26)27/h3-6,14-17H,2,7-12H2,1H3,(H,26,27)/t15?,16-,17+/m1/s1. The van der Waals surface area contributed by atoms with Gasteiger partial charge in [0.1, 0.15) is 0 Å². The van der Waals surface area contributed by atoms with Crippen molar-refractivity contribution in [2.75, 3.05) is 24.5 Å². The van der Waals surface area contributed by atoms with Crippen LogP contribution in [0.3, 0.4) is 0 Å². The summed E-state index contributed by atoms with van der Waals surface area (Å²) >= 11 is 0. The number of rotatable bonds is 5. The molecule has 1 aromatic carbocycles. The number of aryl methyl sites for hydroxylation is 1. The van der Waals surface area contributed by atoms with Gasteiger partial charge in [-0.05, 0) is 42.7 Å². The van der Waals surface area contributed by atoms with Crippen LogP contribution in [0.25, 0.3) is 0 Å². The Hall–Kier alpha value is -2.37. The molecule has 1 saturated carbocycles. The lowest BCUT2D eigenvalue weighted by Crippen LogP contribution is -2.36. The number of amides is 2. The Morgan fingerprint density at radius 2 is 1.89 bits per heavy atom. The number of aliphatic carboxylic acids is 1. The van der Waals surface area contributed by atoms with Gasteiger partial charge in [0.2, 0.25) is 11.8 Å². The summed E-state index contributed by atoms with van der Waals surface area (Å²) in [6.45, 7) is 3.25.